The van der Waals surface area contributed by atoms with E-state index in [1.165, 1.54) is 11.3 Å². The van der Waals surface area contributed by atoms with Crippen LogP contribution in [0.15, 0.2) is 0 Å². The van der Waals surface area contributed by atoms with E-state index in [2.05, 4.69) is 4.98 Å². The van der Waals surface area contributed by atoms with Gasteiger partial charge >= 0.3 is 0 Å². The molecule has 2 rings (SSSR count). The molecule has 16 heavy (non-hydrogen) atoms. The molecule has 0 aromatic carbocycles. The molecule has 0 aliphatic carbocycles. The highest BCUT2D eigenvalue weighted by Crippen LogP contribution is 2.25. The predicted molar refractivity (Wildman–Crippen MR) is 66.4 cm³/mol. The van der Waals surface area contributed by atoms with Gasteiger partial charge in [-0.15, -0.1) is 22.9 Å². The summed E-state index contributed by atoms with van der Waals surface area (Å²) < 4.78 is 0. The number of carbonyl (C=O) groups is 1. The molecular formula is C11H15ClN2OS. The molecule has 0 spiro atoms. The SMILES string of the molecule is Cc1nc(C)c(C(=O)N2CCCC2CCl)s1. The quantitative estimate of drug-likeness (QED) is 0.764. The minimum absolute atomic E-state index is 0.103. The largest absolute Gasteiger partial charge is 0.334 e. The number of aromatic nitrogens is 1. The number of aryl methyl sites for hydroxylation is 2. The molecule has 88 valence electrons. The Morgan fingerprint density at radius 1 is 1.62 bits per heavy atom. The molecule has 1 fully saturated rings. The molecule has 2 heterocycles. The number of hydrogen-bond acceptors (Lipinski definition) is 3. The van der Waals surface area contributed by atoms with Crippen molar-refractivity contribution < 1.29 is 4.79 Å². The predicted octanol–water partition coefficient (Wildman–Crippen LogP) is 2.60. The van der Waals surface area contributed by atoms with Gasteiger partial charge < -0.3 is 4.90 Å². The molecule has 1 aromatic rings. The van der Waals surface area contributed by atoms with Crippen molar-refractivity contribution in [3.63, 3.8) is 0 Å². The summed E-state index contributed by atoms with van der Waals surface area (Å²) in [4.78, 5) is 19.2. The standard InChI is InChI=1S/C11H15ClN2OS/c1-7-10(16-8(2)13-7)11(15)14-5-3-4-9(14)6-12/h9H,3-6H2,1-2H3. The van der Waals surface area contributed by atoms with E-state index in [1.54, 1.807) is 0 Å². The smallest absolute Gasteiger partial charge is 0.266 e. The first kappa shape index (κ1) is 11.9. The van der Waals surface area contributed by atoms with E-state index in [-0.39, 0.29) is 11.9 Å². The number of amides is 1. The van der Waals surface area contributed by atoms with E-state index in [9.17, 15) is 4.79 Å². The highest BCUT2D eigenvalue weighted by Gasteiger charge is 2.30. The Labute approximate surface area is 104 Å². The zero-order valence-corrected chi connectivity index (χ0v) is 11.1. The molecule has 1 aliphatic heterocycles. The Bertz CT molecular complexity index is 405. The number of thiazole rings is 1. The van der Waals surface area contributed by atoms with Crippen molar-refractivity contribution in [2.24, 2.45) is 0 Å². The summed E-state index contributed by atoms with van der Waals surface area (Å²) in [5, 5.41) is 0.947. The second kappa shape index (κ2) is 4.72. The molecule has 5 heteroatoms. The van der Waals surface area contributed by atoms with Crippen LogP contribution in [0.5, 0.6) is 0 Å². The summed E-state index contributed by atoms with van der Waals surface area (Å²) in [6.45, 7) is 4.65. The van der Waals surface area contributed by atoms with Crippen LogP contribution in [0.1, 0.15) is 33.2 Å². The van der Waals surface area contributed by atoms with Crippen molar-refractivity contribution in [2.45, 2.75) is 32.7 Å². The van der Waals surface area contributed by atoms with Crippen LogP contribution in [-0.4, -0.2) is 34.3 Å². The van der Waals surface area contributed by atoms with E-state index in [0.29, 0.717) is 5.88 Å². The fourth-order valence-corrected chi connectivity index (χ4v) is 3.32. The van der Waals surface area contributed by atoms with E-state index in [4.69, 9.17) is 11.6 Å². The number of rotatable bonds is 2. The lowest BCUT2D eigenvalue weighted by molar-refractivity contribution is 0.0753. The third-order valence-corrected chi connectivity index (χ3v) is 4.33. The van der Waals surface area contributed by atoms with Gasteiger partial charge in [0.2, 0.25) is 0 Å². The lowest BCUT2D eigenvalue weighted by Crippen LogP contribution is -2.36. The van der Waals surface area contributed by atoms with Crippen molar-refractivity contribution in [1.29, 1.82) is 0 Å². The van der Waals surface area contributed by atoms with Gasteiger partial charge in [0.25, 0.3) is 5.91 Å². The molecule has 1 aromatic heterocycles. The summed E-state index contributed by atoms with van der Waals surface area (Å²) in [6.07, 6.45) is 2.08. The number of alkyl halides is 1. The Kier molecular flexibility index (Phi) is 3.50. The number of carbonyl (C=O) groups excluding carboxylic acids is 1. The Morgan fingerprint density at radius 2 is 2.38 bits per heavy atom. The Balaban J connectivity index is 2.21. The minimum atomic E-state index is 0.103. The van der Waals surface area contributed by atoms with Gasteiger partial charge in [-0.3, -0.25) is 4.79 Å². The van der Waals surface area contributed by atoms with Gasteiger partial charge in [0.15, 0.2) is 0 Å². The molecule has 0 N–H and O–H groups in total. The third-order valence-electron chi connectivity index (χ3n) is 2.91. The first-order chi connectivity index (χ1) is 7.63. The van der Waals surface area contributed by atoms with Crippen molar-refractivity contribution in [3.05, 3.63) is 15.6 Å². The molecular weight excluding hydrogens is 244 g/mol. The summed E-state index contributed by atoms with van der Waals surface area (Å²) in [5.74, 6) is 0.633. The summed E-state index contributed by atoms with van der Waals surface area (Å²) in [5.41, 5.74) is 0.840. The maximum absolute atomic E-state index is 12.3. The van der Waals surface area contributed by atoms with Crippen molar-refractivity contribution in [3.8, 4) is 0 Å². The topological polar surface area (TPSA) is 33.2 Å². The lowest BCUT2D eigenvalue weighted by Gasteiger charge is -2.22. The molecule has 0 bridgehead atoms. The number of likely N-dealkylation sites (tertiary alicyclic amines) is 1. The summed E-state index contributed by atoms with van der Waals surface area (Å²) in [6, 6.07) is 0.205. The summed E-state index contributed by atoms with van der Waals surface area (Å²) in [7, 11) is 0. The molecule has 1 amide bonds. The van der Waals surface area contributed by atoms with Crippen LogP contribution < -0.4 is 0 Å². The van der Waals surface area contributed by atoms with E-state index in [0.717, 1.165) is 35.0 Å². The highest BCUT2D eigenvalue weighted by molar-refractivity contribution is 7.13. The van der Waals surface area contributed by atoms with Crippen LogP contribution in [0.25, 0.3) is 0 Å². The first-order valence-electron chi connectivity index (χ1n) is 5.44. The molecule has 1 aliphatic rings. The fourth-order valence-electron chi connectivity index (χ4n) is 2.12. The average molecular weight is 259 g/mol. The highest BCUT2D eigenvalue weighted by atomic mass is 35.5. The minimum Gasteiger partial charge on any atom is -0.334 e. The molecule has 1 unspecified atom stereocenters. The lowest BCUT2D eigenvalue weighted by atomic mass is 10.2. The molecule has 1 saturated heterocycles. The van der Waals surface area contributed by atoms with Gasteiger partial charge in [-0.2, -0.15) is 0 Å². The Morgan fingerprint density at radius 3 is 2.94 bits per heavy atom. The zero-order valence-electron chi connectivity index (χ0n) is 9.49. The van der Waals surface area contributed by atoms with Crippen LogP contribution in [0.3, 0.4) is 0 Å². The maximum Gasteiger partial charge on any atom is 0.266 e. The van der Waals surface area contributed by atoms with Crippen LogP contribution in [0.2, 0.25) is 0 Å². The Hall–Kier alpha value is -0.610. The molecule has 1 atom stereocenters. The molecule has 0 saturated carbocycles. The molecule has 3 nitrogen and oxygen atoms in total. The van der Waals surface area contributed by atoms with Crippen LogP contribution in [0.4, 0.5) is 0 Å². The second-order valence-corrected chi connectivity index (χ2v) is 5.61. The van der Waals surface area contributed by atoms with Crippen molar-refractivity contribution in [1.82, 2.24) is 9.88 Å². The van der Waals surface area contributed by atoms with Gasteiger partial charge in [0, 0.05) is 18.5 Å². The molecule has 0 radical (unpaired) electrons. The number of nitrogens with zero attached hydrogens (tertiary/aromatic N) is 2. The first-order valence-corrected chi connectivity index (χ1v) is 6.79. The zero-order chi connectivity index (χ0) is 11.7. The van der Waals surface area contributed by atoms with Crippen LogP contribution >= 0.6 is 22.9 Å². The maximum atomic E-state index is 12.3. The van der Waals surface area contributed by atoms with E-state index in [1.807, 2.05) is 18.7 Å². The van der Waals surface area contributed by atoms with E-state index >= 15 is 0 Å². The fraction of sp³-hybridized carbons (Fsp3) is 0.636. The van der Waals surface area contributed by atoms with Crippen molar-refractivity contribution in [2.75, 3.05) is 12.4 Å². The second-order valence-electron chi connectivity index (χ2n) is 4.10. The van der Waals surface area contributed by atoms with Gasteiger partial charge in [-0.1, -0.05) is 0 Å². The van der Waals surface area contributed by atoms with Crippen LogP contribution in [-0.2, 0) is 0 Å². The van der Waals surface area contributed by atoms with E-state index < -0.39 is 0 Å². The summed E-state index contributed by atoms with van der Waals surface area (Å²) >= 11 is 7.35. The number of hydrogen-bond donors (Lipinski definition) is 0. The van der Waals surface area contributed by atoms with Crippen LogP contribution in [0, 0.1) is 13.8 Å². The normalized spacial score (nSPS) is 20.4. The monoisotopic (exact) mass is 258 g/mol. The van der Waals surface area contributed by atoms with Crippen molar-refractivity contribution >= 4 is 28.8 Å². The number of halogens is 1. The van der Waals surface area contributed by atoms with Gasteiger partial charge in [-0.25, -0.2) is 4.98 Å². The average Bonchev–Trinajstić information content (AvgIpc) is 2.83. The third kappa shape index (κ3) is 2.09. The van der Waals surface area contributed by atoms with Gasteiger partial charge in [-0.05, 0) is 26.7 Å². The van der Waals surface area contributed by atoms with Gasteiger partial charge in [0.05, 0.1) is 10.7 Å². The van der Waals surface area contributed by atoms with Gasteiger partial charge in [0.1, 0.15) is 4.88 Å².